The number of rotatable bonds is 9. The Morgan fingerprint density at radius 1 is 1.07 bits per heavy atom. The molecule has 0 aromatic heterocycles. The molecule has 0 aliphatic rings. The molecule has 0 rings (SSSR count). The van der Waals surface area contributed by atoms with Gasteiger partial charge in [0.2, 0.25) is 0 Å². The molecule has 1 N–H and O–H groups in total. The molecule has 0 aliphatic heterocycles. The van der Waals surface area contributed by atoms with Gasteiger partial charge in [0.05, 0.1) is 0 Å². The van der Waals surface area contributed by atoms with Crippen LogP contribution in [0.2, 0.25) is 0 Å². The van der Waals surface area contributed by atoms with Crippen molar-refractivity contribution in [1.29, 1.82) is 0 Å². The van der Waals surface area contributed by atoms with Crippen LogP contribution < -0.4 is 5.32 Å². The highest BCUT2D eigenvalue weighted by atomic mass is 15.1. The van der Waals surface area contributed by atoms with Crippen LogP contribution in [0.3, 0.4) is 0 Å². The topological polar surface area (TPSA) is 15.3 Å². The Balaban J connectivity index is 3.33. The number of hydrogen-bond donors (Lipinski definition) is 1. The molecule has 0 bridgehead atoms. The number of nitrogens with one attached hydrogen (secondary N) is 1. The highest BCUT2D eigenvalue weighted by Gasteiger charge is 2.02. The van der Waals surface area contributed by atoms with Crippen molar-refractivity contribution in [1.82, 2.24) is 10.2 Å². The second-order valence-electron chi connectivity index (χ2n) is 4.12. The first-order valence-corrected chi connectivity index (χ1v) is 6.16. The molecule has 0 aromatic carbocycles. The molecule has 2 heteroatoms. The molecule has 86 valence electrons. The van der Waals surface area contributed by atoms with E-state index >= 15 is 0 Å². The van der Waals surface area contributed by atoms with Crippen molar-refractivity contribution in [2.75, 3.05) is 26.7 Å². The van der Waals surface area contributed by atoms with Crippen molar-refractivity contribution in [2.45, 2.75) is 52.5 Å². The number of nitrogens with zero attached hydrogens (tertiary/aromatic N) is 1. The third-order valence-corrected chi connectivity index (χ3v) is 2.81. The summed E-state index contributed by atoms with van der Waals surface area (Å²) in [5.74, 6) is 0. The molecule has 0 amide bonds. The van der Waals surface area contributed by atoms with E-state index in [0.717, 1.165) is 12.6 Å². The van der Waals surface area contributed by atoms with Crippen molar-refractivity contribution in [2.24, 2.45) is 0 Å². The Bertz CT molecular complexity index is 111. The zero-order chi connectivity index (χ0) is 10.8. The van der Waals surface area contributed by atoms with E-state index in [1.54, 1.807) is 0 Å². The van der Waals surface area contributed by atoms with Gasteiger partial charge in [-0.25, -0.2) is 0 Å². The first-order chi connectivity index (χ1) is 6.74. The molecule has 0 radical (unpaired) electrons. The standard InChI is InChI=1S/C12H28N2/c1-5-8-10-14(4)11-9-13-12(6-2)7-3/h12-13H,5-11H2,1-4H3. The van der Waals surface area contributed by atoms with Crippen LogP contribution in [0, 0.1) is 0 Å². The molecular weight excluding hydrogens is 172 g/mol. The smallest absolute Gasteiger partial charge is 0.0104 e. The molecule has 0 unspecified atom stereocenters. The van der Waals surface area contributed by atoms with Gasteiger partial charge in [0, 0.05) is 19.1 Å². The van der Waals surface area contributed by atoms with Crippen LogP contribution in [-0.2, 0) is 0 Å². The number of likely N-dealkylation sites (N-methyl/N-ethyl adjacent to an activating group) is 1. The van der Waals surface area contributed by atoms with Crippen LogP contribution in [-0.4, -0.2) is 37.6 Å². The van der Waals surface area contributed by atoms with Gasteiger partial charge in [0.25, 0.3) is 0 Å². The molecular formula is C12H28N2. The molecule has 0 saturated carbocycles. The normalized spacial score (nSPS) is 11.6. The maximum atomic E-state index is 3.58. The van der Waals surface area contributed by atoms with Gasteiger partial charge in [0.1, 0.15) is 0 Å². The van der Waals surface area contributed by atoms with Crippen molar-refractivity contribution in [3.8, 4) is 0 Å². The van der Waals surface area contributed by atoms with E-state index in [0.29, 0.717) is 0 Å². The largest absolute Gasteiger partial charge is 0.313 e. The summed E-state index contributed by atoms with van der Waals surface area (Å²) < 4.78 is 0. The molecule has 0 aromatic rings. The lowest BCUT2D eigenvalue weighted by Gasteiger charge is -2.19. The quantitative estimate of drug-likeness (QED) is 0.615. The van der Waals surface area contributed by atoms with Gasteiger partial charge >= 0.3 is 0 Å². The summed E-state index contributed by atoms with van der Waals surface area (Å²) in [6, 6.07) is 0.717. The Hall–Kier alpha value is -0.0800. The predicted octanol–water partition coefficient (Wildman–Crippen LogP) is 2.50. The molecule has 0 spiro atoms. The zero-order valence-corrected chi connectivity index (χ0v) is 10.5. The maximum absolute atomic E-state index is 3.58. The SMILES string of the molecule is CCCCN(C)CCNC(CC)CC. The van der Waals surface area contributed by atoms with Gasteiger partial charge in [-0.05, 0) is 32.9 Å². The fourth-order valence-corrected chi connectivity index (χ4v) is 1.58. The number of unbranched alkanes of at least 4 members (excludes halogenated alkanes) is 1. The summed E-state index contributed by atoms with van der Waals surface area (Å²) in [6.07, 6.45) is 5.11. The van der Waals surface area contributed by atoms with Crippen LogP contribution >= 0.6 is 0 Å². The van der Waals surface area contributed by atoms with Gasteiger partial charge in [-0.2, -0.15) is 0 Å². The molecule has 0 saturated heterocycles. The van der Waals surface area contributed by atoms with Crippen molar-refractivity contribution in [3.63, 3.8) is 0 Å². The Kier molecular flexibility index (Phi) is 9.42. The van der Waals surface area contributed by atoms with Crippen LogP contribution in [0.25, 0.3) is 0 Å². The monoisotopic (exact) mass is 200 g/mol. The number of hydrogen-bond acceptors (Lipinski definition) is 2. The van der Waals surface area contributed by atoms with E-state index in [4.69, 9.17) is 0 Å². The molecule has 0 heterocycles. The first kappa shape index (κ1) is 13.9. The minimum atomic E-state index is 0.717. The summed E-state index contributed by atoms with van der Waals surface area (Å²) in [5, 5.41) is 3.58. The van der Waals surface area contributed by atoms with Crippen LogP contribution in [0.5, 0.6) is 0 Å². The van der Waals surface area contributed by atoms with Crippen LogP contribution in [0.4, 0.5) is 0 Å². The van der Waals surface area contributed by atoms with E-state index in [9.17, 15) is 0 Å². The third kappa shape index (κ3) is 7.34. The van der Waals surface area contributed by atoms with Gasteiger partial charge in [-0.3, -0.25) is 0 Å². The lowest BCUT2D eigenvalue weighted by atomic mass is 10.2. The second-order valence-corrected chi connectivity index (χ2v) is 4.12. The Morgan fingerprint density at radius 2 is 1.71 bits per heavy atom. The van der Waals surface area contributed by atoms with Crippen molar-refractivity contribution >= 4 is 0 Å². The summed E-state index contributed by atoms with van der Waals surface area (Å²) in [4.78, 5) is 2.42. The van der Waals surface area contributed by atoms with Crippen molar-refractivity contribution in [3.05, 3.63) is 0 Å². The summed E-state index contributed by atoms with van der Waals surface area (Å²) in [5.41, 5.74) is 0. The Labute approximate surface area is 90.1 Å². The van der Waals surface area contributed by atoms with Crippen molar-refractivity contribution < 1.29 is 0 Å². The predicted molar refractivity (Wildman–Crippen MR) is 64.8 cm³/mol. The highest BCUT2D eigenvalue weighted by Crippen LogP contribution is 1.95. The van der Waals surface area contributed by atoms with Gasteiger partial charge in [-0.15, -0.1) is 0 Å². The maximum Gasteiger partial charge on any atom is 0.0104 e. The summed E-state index contributed by atoms with van der Waals surface area (Å²) in [7, 11) is 2.21. The first-order valence-electron chi connectivity index (χ1n) is 6.16. The molecule has 2 nitrogen and oxygen atoms in total. The second kappa shape index (κ2) is 9.47. The van der Waals surface area contributed by atoms with E-state index in [2.05, 4.69) is 38.0 Å². The Morgan fingerprint density at radius 3 is 2.21 bits per heavy atom. The van der Waals surface area contributed by atoms with Crippen LogP contribution in [0.1, 0.15) is 46.5 Å². The summed E-state index contributed by atoms with van der Waals surface area (Å²) in [6.45, 7) is 10.3. The molecule has 0 aliphatic carbocycles. The minimum Gasteiger partial charge on any atom is -0.313 e. The third-order valence-electron chi connectivity index (χ3n) is 2.81. The molecule has 14 heavy (non-hydrogen) atoms. The highest BCUT2D eigenvalue weighted by molar-refractivity contribution is 4.63. The van der Waals surface area contributed by atoms with E-state index in [1.807, 2.05) is 0 Å². The van der Waals surface area contributed by atoms with E-state index in [-0.39, 0.29) is 0 Å². The zero-order valence-electron chi connectivity index (χ0n) is 10.5. The molecule has 0 atom stereocenters. The van der Waals surface area contributed by atoms with E-state index in [1.165, 1.54) is 38.8 Å². The lowest BCUT2D eigenvalue weighted by molar-refractivity contribution is 0.315. The fourth-order valence-electron chi connectivity index (χ4n) is 1.58. The average Bonchev–Trinajstić information content (AvgIpc) is 2.21. The van der Waals surface area contributed by atoms with E-state index < -0.39 is 0 Å². The minimum absolute atomic E-state index is 0.717. The van der Waals surface area contributed by atoms with Gasteiger partial charge in [-0.1, -0.05) is 27.2 Å². The fraction of sp³-hybridized carbons (Fsp3) is 1.00. The molecule has 0 fully saturated rings. The van der Waals surface area contributed by atoms with Gasteiger partial charge < -0.3 is 10.2 Å². The lowest BCUT2D eigenvalue weighted by Crippen LogP contribution is -2.35. The average molecular weight is 200 g/mol. The van der Waals surface area contributed by atoms with Crippen LogP contribution in [0.15, 0.2) is 0 Å². The summed E-state index contributed by atoms with van der Waals surface area (Å²) >= 11 is 0. The van der Waals surface area contributed by atoms with Gasteiger partial charge in [0.15, 0.2) is 0 Å².